The maximum absolute atomic E-state index is 12.2. The summed E-state index contributed by atoms with van der Waals surface area (Å²) in [5.41, 5.74) is 0.199. The van der Waals surface area contributed by atoms with Crippen LogP contribution in [-0.4, -0.2) is 37.2 Å². The molecule has 1 aromatic rings. The van der Waals surface area contributed by atoms with Gasteiger partial charge in [-0.25, -0.2) is 4.79 Å². The van der Waals surface area contributed by atoms with Crippen LogP contribution in [0.15, 0.2) is 12.1 Å². The molecule has 21 heavy (non-hydrogen) atoms. The van der Waals surface area contributed by atoms with Crippen LogP contribution in [-0.2, 0) is 4.79 Å². The number of hydrogen-bond acceptors (Lipinski definition) is 4. The molecule has 1 amide bonds. The molecule has 7 heteroatoms. The molecule has 0 saturated heterocycles. The Morgan fingerprint density at radius 1 is 1.24 bits per heavy atom. The summed E-state index contributed by atoms with van der Waals surface area (Å²) in [7, 11) is 2.85. The van der Waals surface area contributed by atoms with E-state index in [-0.39, 0.29) is 16.5 Å². The number of aliphatic carboxylic acids is 1. The standard InChI is InChI=1S/C14H18ClNO5/c1-7(2)11(14(18)19)16-13(17)8-5-9(15)12(21-4)10(6-8)20-3/h5-7,11H,1-4H3,(H,16,17)(H,18,19)/t11-/m1/s1. The second-order valence-corrected chi connectivity index (χ2v) is 5.13. The van der Waals surface area contributed by atoms with E-state index in [0.717, 1.165) is 0 Å². The average molecular weight is 316 g/mol. The van der Waals surface area contributed by atoms with Gasteiger partial charge in [-0.1, -0.05) is 25.4 Å². The third-order valence-corrected chi connectivity index (χ3v) is 3.20. The smallest absolute Gasteiger partial charge is 0.326 e. The Kier molecular flexibility index (Phi) is 5.84. The summed E-state index contributed by atoms with van der Waals surface area (Å²) in [5.74, 6) is -1.27. The van der Waals surface area contributed by atoms with Crippen LogP contribution in [0.1, 0.15) is 24.2 Å². The lowest BCUT2D eigenvalue weighted by Gasteiger charge is -2.18. The normalized spacial score (nSPS) is 11.9. The Balaban J connectivity index is 3.08. The van der Waals surface area contributed by atoms with Crippen molar-refractivity contribution in [2.45, 2.75) is 19.9 Å². The fraction of sp³-hybridized carbons (Fsp3) is 0.429. The summed E-state index contributed by atoms with van der Waals surface area (Å²) in [6.07, 6.45) is 0. The van der Waals surface area contributed by atoms with Crippen LogP contribution in [0.3, 0.4) is 0 Å². The van der Waals surface area contributed by atoms with Gasteiger partial charge in [0.05, 0.1) is 19.2 Å². The molecule has 0 aliphatic carbocycles. The zero-order valence-electron chi connectivity index (χ0n) is 12.3. The summed E-state index contributed by atoms with van der Waals surface area (Å²) in [4.78, 5) is 23.3. The van der Waals surface area contributed by atoms with Gasteiger partial charge in [-0.05, 0) is 18.1 Å². The van der Waals surface area contributed by atoms with Crippen molar-refractivity contribution in [2.24, 2.45) is 5.92 Å². The highest BCUT2D eigenvalue weighted by molar-refractivity contribution is 6.32. The molecule has 1 rings (SSSR count). The second kappa shape index (κ2) is 7.17. The van der Waals surface area contributed by atoms with Crippen LogP contribution in [0.2, 0.25) is 5.02 Å². The van der Waals surface area contributed by atoms with Crippen molar-refractivity contribution in [3.05, 3.63) is 22.7 Å². The van der Waals surface area contributed by atoms with Crippen LogP contribution >= 0.6 is 11.6 Å². The number of carbonyl (C=O) groups is 2. The molecular weight excluding hydrogens is 298 g/mol. The van der Waals surface area contributed by atoms with Crippen LogP contribution in [0.4, 0.5) is 0 Å². The summed E-state index contributed by atoms with van der Waals surface area (Å²) in [6, 6.07) is 1.86. The van der Waals surface area contributed by atoms with Gasteiger partial charge in [0.1, 0.15) is 6.04 Å². The van der Waals surface area contributed by atoms with E-state index in [1.807, 2.05) is 0 Å². The van der Waals surface area contributed by atoms with Gasteiger partial charge in [0.2, 0.25) is 0 Å². The maximum Gasteiger partial charge on any atom is 0.326 e. The number of carboxylic acids is 1. The monoisotopic (exact) mass is 315 g/mol. The Morgan fingerprint density at radius 2 is 1.86 bits per heavy atom. The minimum absolute atomic E-state index is 0.199. The number of methoxy groups -OCH3 is 2. The molecule has 0 fully saturated rings. The Morgan fingerprint density at radius 3 is 2.29 bits per heavy atom. The lowest BCUT2D eigenvalue weighted by molar-refractivity contribution is -0.140. The molecule has 0 unspecified atom stereocenters. The van der Waals surface area contributed by atoms with Gasteiger partial charge in [0.15, 0.2) is 11.5 Å². The fourth-order valence-electron chi connectivity index (χ4n) is 1.79. The molecule has 0 saturated carbocycles. The largest absolute Gasteiger partial charge is 0.493 e. The second-order valence-electron chi connectivity index (χ2n) is 4.73. The maximum atomic E-state index is 12.2. The van der Waals surface area contributed by atoms with Crippen LogP contribution in [0.5, 0.6) is 11.5 Å². The van der Waals surface area contributed by atoms with E-state index in [1.165, 1.54) is 26.4 Å². The van der Waals surface area contributed by atoms with Gasteiger partial charge in [-0.15, -0.1) is 0 Å². The van der Waals surface area contributed by atoms with E-state index in [1.54, 1.807) is 13.8 Å². The highest BCUT2D eigenvalue weighted by atomic mass is 35.5. The molecule has 0 aliphatic rings. The fourth-order valence-corrected chi connectivity index (χ4v) is 2.07. The van der Waals surface area contributed by atoms with E-state index in [0.29, 0.717) is 11.5 Å². The summed E-state index contributed by atoms with van der Waals surface area (Å²) in [6.45, 7) is 3.42. The molecule has 0 radical (unpaired) electrons. The predicted octanol–water partition coefficient (Wildman–Crippen LogP) is 2.20. The Hall–Kier alpha value is -1.95. The van der Waals surface area contributed by atoms with Gasteiger partial charge in [-0.2, -0.15) is 0 Å². The molecule has 0 spiro atoms. The molecule has 6 nitrogen and oxygen atoms in total. The highest BCUT2D eigenvalue weighted by Crippen LogP contribution is 2.36. The molecule has 0 aliphatic heterocycles. The molecule has 0 heterocycles. The van der Waals surface area contributed by atoms with Crippen molar-refractivity contribution in [3.8, 4) is 11.5 Å². The number of amides is 1. The minimum atomic E-state index is -1.09. The first kappa shape index (κ1) is 17.1. The van der Waals surface area contributed by atoms with Crippen molar-refractivity contribution >= 4 is 23.5 Å². The SMILES string of the molecule is COc1cc(C(=O)N[C@@H](C(=O)O)C(C)C)cc(Cl)c1OC. The number of halogens is 1. The minimum Gasteiger partial charge on any atom is -0.493 e. The first-order chi connectivity index (χ1) is 9.81. The topological polar surface area (TPSA) is 84.9 Å². The van der Waals surface area contributed by atoms with Crippen LogP contribution < -0.4 is 14.8 Å². The third kappa shape index (κ3) is 4.01. The number of ether oxygens (including phenoxy) is 2. The molecule has 2 N–H and O–H groups in total. The number of nitrogens with one attached hydrogen (secondary N) is 1. The number of carboxylic acid groups (broad SMARTS) is 1. The number of benzene rings is 1. The molecule has 116 valence electrons. The van der Waals surface area contributed by atoms with Crippen LogP contribution in [0, 0.1) is 5.92 Å². The number of hydrogen-bond donors (Lipinski definition) is 2. The van der Waals surface area contributed by atoms with E-state index in [9.17, 15) is 9.59 Å². The summed E-state index contributed by atoms with van der Waals surface area (Å²) >= 11 is 6.02. The third-order valence-electron chi connectivity index (χ3n) is 2.92. The summed E-state index contributed by atoms with van der Waals surface area (Å²) in [5, 5.41) is 11.8. The summed E-state index contributed by atoms with van der Waals surface area (Å²) < 4.78 is 10.2. The Labute approximate surface area is 128 Å². The first-order valence-electron chi connectivity index (χ1n) is 6.27. The van der Waals surface area contributed by atoms with Crippen molar-refractivity contribution in [1.29, 1.82) is 0 Å². The van der Waals surface area contributed by atoms with Gasteiger partial charge >= 0.3 is 5.97 Å². The predicted molar refractivity (Wildman–Crippen MR) is 78.3 cm³/mol. The van der Waals surface area contributed by atoms with E-state index in [2.05, 4.69) is 5.32 Å². The molecule has 0 aromatic heterocycles. The zero-order valence-corrected chi connectivity index (χ0v) is 13.0. The van der Waals surface area contributed by atoms with E-state index < -0.39 is 17.9 Å². The van der Waals surface area contributed by atoms with Crippen LogP contribution in [0.25, 0.3) is 0 Å². The lowest BCUT2D eigenvalue weighted by Crippen LogP contribution is -2.44. The van der Waals surface area contributed by atoms with Crippen molar-refractivity contribution in [1.82, 2.24) is 5.32 Å². The molecule has 1 aromatic carbocycles. The number of rotatable bonds is 6. The Bertz CT molecular complexity index is 544. The zero-order chi connectivity index (χ0) is 16.2. The van der Waals surface area contributed by atoms with Crippen molar-refractivity contribution < 1.29 is 24.2 Å². The van der Waals surface area contributed by atoms with E-state index >= 15 is 0 Å². The van der Waals surface area contributed by atoms with E-state index in [4.69, 9.17) is 26.2 Å². The van der Waals surface area contributed by atoms with Gasteiger partial charge in [0.25, 0.3) is 5.91 Å². The number of carbonyl (C=O) groups excluding carboxylic acids is 1. The van der Waals surface area contributed by atoms with Gasteiger partial charge < -0.3 is 19.9 Å². The quantitative estimate of drug-likeness (QED) is 0.840. The highest BCUT2D eigenvalue weighted by Gasteiger charge is 2.25. The van der Waals surface area contributed by atoms with Crippen molar-refractivity contribution in [3.63, 3.8) is 0 Å². The van der Waals surface area contributed by atoms with Crippen molar-refractivity contribution in [2.75, 3.05) is 14.2 Å². The van der Waals surface area contributed by atoms with Gasteiger partial charge in [0, 0.05) is 5.56 Å². The molecular formula is C14H18ClNO5. The lowest BCUT2D eigenvalue weighted by atomic mass is 10.0. The molecule has 1 atom stereocenters. The van der Waals surface area contributed by atoms with Gasteiger partial charge in [-0.3, -0.25) is 4.79 Å². The first-order valence-corrected chi connectivity index (χ1v) is 6.64. The molecule has 0 bridgehead atoms. The average Bonchev–Trinajstić information content (AvgIpc) is 2.42.